The van der Waals surface area contributed by atoms with Gasteiger partial charge < -0.3 is 9.55 Å². The fourth-order valence-electron chi connectivity index (χ4n) is 2.04. The van der Waals surface area contributed by atoms with Crippen LogP contribution in [0.4, 0.5) is 13.2 Å². The lowest BCUT2D eigenvalue weighted by atomic mass is 10.3. The third kappa shape index (κ3) is 3.19. The van der Waals surface area contributed by atoms with Crippen LogP contribution >= 0.6 is 0 Å². The number of aromatic nitrogens is 4. The average molecular weight is 328 g/mol. The van der Waals surface area contributed by atoms with Gasteiger partial charge in [-0.1, -0.05) is 12.1 Å². The molecule has 0 aliphatic rings. The third-order valence-electron chi connectivity index (χ3n) is 2.99. The maximum Gasteiger partial charge on any atom is 0.406 e. The highest BCUT2D eigenvalue weighted by Gasteiger charge is 2.29. The van der Waals surface area contributed by atoms with Gasteiger partial charge in [0.05, 0.1) is 27.6 Å². The quantitative estimate of drug-likeness (QED) is 0.801. The maximum absolute atomic E-state index is 12.5. The third-order valence-corrected chi connectivity index (χ3v) is 4.14. The Kier molecular flexibility index (Phi) is 3.73. The summed E-state index contributed by atoms with van der Waals surface area (Å²) in [7, 11) is -1.60. The molecule has 1 atom stereocenters. The lowest BCUT2D eigenvalue weighted by Gasteiger charge is -2.09. The standard InChI is InChI=1S/C13H11F3N4OS/c14-13(15,16)8-20-6-5-17-11(20)7-22(21)12-18-9-3-1-2-4-10(9)19-12/h1-6H,7-8H2,(H,18,19)/t22-/m0/s1. The molecule has 0 amide bonds. The van der Waals surface area contributed by atoms with Crippen molar-refractivity contribution in [2.24, 2.45) is 0 Å². The second-order valence-electron chi connectivity index (χ2n) is 4.64. The van der Waals surface area contributed by atoms with Crippen molar-refractivity contribution >= 4 is 21.8 Å². The molecule has 0 spiro atoms. The molecule has 0 aliphatic heterocycles. The van der Waals surface area contributed by atoms with Crippen molar-refractivity contribution in [3.63, 3.8) is 0 Å². The number of halogens is 3. The van der Waals surface area contributed by atoms with Gasteiger partial charge in [-0.05, 0) is 12.1 Å². The van der Waals surface area contributed by atoms with E-state index < -0.39 is 23.5 Å². The molecule has 0 fully saturated rings. The normalized spacial score (nSPS) is 13.6. The Hall–Kier alpha value is -2.16. The molecule has 2 aromatic heterocycles. The minimum Gasteiger partial charge on any atom is -0.331 e. The Balaban J connectivity index is 1.81. The summed E-state index contributed by atoms with van der Waals surface area (Å²) in [4.78, 5) is 10.9. The summed E-state index contributed by atoms with van der Waals surface area (Å²) in [5.41, 5.74) is 1.38. The van der Waals surface area contributed by atoms with E-state index in [0.717, 1.165) is 10.1 Å². The van der Waals surface area contributed by atoms with Crippen LogP contribution in [-0.4, -0.2) is 29.9 Å². The predicted molar refractivity (Wildman–Crippen MR) is 74.5 cm³/mol. The smallest absolute Gasteiger partial charge is 0.331 e. The number of H-pyrrole nitrogens is 1. The number of benzene rings is 1. The van der Waals surface area contributed by atoms with Crippen LogP contribution < -0.4 is 0 Å². The number of rotatable bonds is 4. The lowest BCUT2D eigenvalue weighted by molar-refractivity contribution is -0.141. The van der Waals surface area contributed by atoms with Crippen molar-refractivity contribution in [2.75, 3.05) is 0 Å². The molecule has 1 aromatic carbocycles. The SMILES string of the molecule is O=[S@@](Cc1nccn1CC(F)(F)F)c1nc2ccccc2[nH]1. The van der Waals surface area contributed by atoms with Gasteiger partial charge in [0, 0.05) is 12.4 Å². The summed E-state index contributed by atoms with van der Waals surface area (Å²) in [6.07, 6.45) is -1.87. The van der Waals surface area contributed by atoms with E-state index in [4.69, 9.17) is 0 Å². The summed E-state index contributed by atoms with van der Waals surface area (Å²) in [6, 6.07) is 7.15. The van der Waals surface area contributed by atoms with E-state index >= 15 is 0 Å². The van der Waals surface area contributed by atoms with Crippen molar-refractivity contribution in [3.05, 3.63) is 42.5 Å². The molecule has 2 heterocycles. The zero-order valence-electron chi connectivity index (χ0n) is 11.2. The predicted octanol–water partition coefficient (Wildman–Crippen LogP) is 2.63. The Morgan fingerprint density at radius 3 is 2.77 bits per heavy atom. The zero-order valence-corrected chi connectivity index (χ0v) is 12.0. The molecular weight excluding hydrogens is 317 g/mol. The molecule has 5 nitrogen and oxygen atoms in total. The molecule has 116 valence electrons. The number of nitrogens with one attached hydrogen (secondary N) is 1. The summed E-state index contributed by atoms with van der Waals surface area (Å²) in [6.45, 7) is -1.15. The highest BCUT2D eigenvalue weighted by atomic mass is 32.2. The monoisotopic (exact) mass is 328 g/mol. The zero-order chi connectivity index (χ0) is 15.7. The molecule has 3 aromatic rings. The van der Waals surface area contributed by atoms with Crippen molar-refractivity contribution in [1.82, 2.24) is 19.5 Å². The minimum absolute atomic E-state index is 0.108. The molecule has 0 saturated carbocycles. The van der Waals surface area contributed by atoms with E-state index in [0.29, 0.717) is 5.52 Å². The van der Waals surface area contributed by atoms with E-state index in [2.05, 4.69) is 15.0 Å². The van der Waals surface area contributed by atoms with Crippen LogP contribution in [0.2, 0.25) is 0 Å². The van der Waals surface area contributed by atoms with Gasteiger partial charge in [-0.25, -0.2) is 9.97 Å². The van der Waals surface area contributed by atoms with Crippen molar-refractivity contribution in [2.45, 2.75) is 23.6 Å². The molecule has 3 rings (SSSR count). The molecule has 22 heavy (non-hydrogen) atoms. The highest BCUT2D eigenvalue weighted by molar-refractivity contribution is 7.84. The number of fused-ring (bicyclic) bond motifs is 1. The van der Waals surface area contributed by atoms with Crippen LogP contribution in [-0.2, 0) is 23.1 Å². The van der Waals surface area contributed by atoms with Gasteiger partial charge in [0.25, 0.3) is 0 Å². The van der Waals surface area contributed by atoms with E-state index in [1.165, 1.54) is 12.4 Å². The van der Waals surface area contributed by atoms with Crippen LogP contribution in [0.3, 0.4) is 0 Å². The van der Waals surface area contributed by atoms with Crippen LogP contribution in [0.1, 0.15) is 5.82 Å². The van der Waals surface area contributed by atoms with Crippen LogP contribution in [0.5, 0.6) is 0 Å². The van der Waals surface area contributed by atoms with Crippen molar-refractivity contribution in [3.8, 4) is 0 Å². The molecule has 0 radical (unpaired) electrons. The number of para-hydroxylation sites is 2. The summed E-state index contributed by atoms with van der Waals surface area (Å²) in [5, 5.41) is 0.225. The van der Waals surface area contributed by atoms with Crippen LogP contribution in [0, 0.1) is 0 Å². The van der Waals surface area contributed by atoms with Gasteiger partial charge in [-0.2, -0.15) is 13.2 Å². The molecule has 1 N–H and O–H groups in total. The first-order chi connectivity index (χ1) is 10.4. The van der Waals surface area contributed by atoms with Crippen LogP contribution in [0.15, 0.2) is 41.8 Å². The van der Waals surface area contributed by atoms with Gasteiger partial charge in [0.1, 0.15) is 12.4 Å². The van der Waals surface area contributed by atoms with E-state index in [-0.39, 0.29) is 16.7 Å². The first-order valence-electron chi connectivity index (χ1n) is 6.32. The van der Waals surface area contributed by atoms with Crippen molar-refractivity contribution in [1.29, 1.82) is 0 Å². The minimum atomic E-state index is -4.35. The first-order valence-corrected chi connectivity index (χ1v) is 7.64. The highest BCUT2D eigenvalue weighted by Crippen LogP contribution is 2.20. The number of alkyl halides is 3. The fraction of sp³-hybridized carbons (Fsp3) is 0.231. The van der Waals surface area contributed by atoms with Gasteiger partial charge >= 0.3 is 6.18 Å². The number of hydrogen-bond acceptors (Lipinski definition) is 3. The number of hydrogen-bond donors (Lipinski definition) is 1. The Labute approximate surface area is 125 Å². The maximum atomic E-state index is 12.5. The number of nitrogens with zero attached hydrogens (tertiary/aromatic N) is 3. The Morgan fingerprint density at radius 2 is 2.05 bits per heavy atom. The van der Waals surface area contributed by atoms with Crippen LogP contribution in [0.25, 0.3) is 11.0 Å². The molecular formula is C13H11F3N4OS. The molecule has 0 bridgehead atoms. The second-order valence-corrected chi connectivity index (χ2v) is 6.00. The largest absolute Gasteiger partial charge is 0.406 e. The molecule has 0 aliphatic carbocycles. The fourth-order valence-corrected chi connectivity index (χ4v) is 3.08. The van der Waals surface area contributed by atoms with E-state index in [9.17, 15) is 17.4 Å². The van der Waals surface area contributed by atoms with Crippen molar-refractivity contribution < 1.29 is 17.4 Å². The molecule has 0 unspecified atom stereocenters. The first kappa shape index (κ1) is 14.8. The lowest BCUT2D eigenvalue weighted by Crippen LogP contribution is -2.19. The summed E-state index contributed by atoms with van der Waals surface area (Å²) in [5.74, 6) is -0.0285. The Bertz CT molecular complexity index is 791. The molecule has 0 saturated heterocycles. The van der Waals surface area contributed by atoms with Gasteiger partial charge in [-0.15, -0.1) is 0 Å². The summed E-state index contributed by atoms with van der Waals surface area (Å²) < 4.78 is 50.6. The van der Waals surface area contributed by atoms with Gasteiger partial charge in [0.15, 0.2) is 5.16 Å². The second kappa shape index (κ2) is 5.56. The van der Waals surface area contributed by atoms with E-state index in [1.54, 1.807) is 18.2 Å². The summed E-state index contributed by atoms with van der Waals surface area (Å²) >= 11 is 0. The topological polar surface area (TPSA) is 63.6 Å². The Morgan fingerprint density at radius 1 is 1.27 bits per heavy atom. The number of imidazole rings is 2. The molecule has 9 heteroatoms. The van der Waals surface area contributed by atoms with Gasteiger partial charge in [0.2, 0.25) is 0 Å². The van der Waals surface area contributed by atoms with E-state index in [1.807, 2.05) is 6.07 Å². The van der Waals surface area contributed by atoms with Gasteiger partial charge in [-0.3, -0.25) is 4.21 Å². The average Bonchev–Trinajstić information content (AvgIpc) is 3.04. The number of aromatic amines is 1.